The first-order chi connectivity index (χ1) is 14.4. The van der Waals surface area contributed by atoms with Crippen molar-refractivity contribution in [1.29, 1.82) is 0 Å². The third kappa shape index (κ3) is 2.75. The summed E-state index contributed by atoms with van der Waals surface area (Å²) in [5.41, 5.74) is 8.87. The molecule has 4 nitrogen and oxygen atoms in total. The number of para-hydroxylation sites is 2. The minimum Gasteiger partial charge on any atom is -0.443 e. The molecule has 0 aliphatic heterocycles. The Morgan fingerprint density at radius 3 is 2.40 bits per heavy atom. The van der Waals surface area contributed by atoms with Crippen LogP contribution < -0.4 is 4.57 Å². The van der Waals surface area contributed by atoms with Gasteiger partial charge < -0.3 is 4.42 Å². The molecule has 0 unspecified atom stereocenters. The minimum absolute atomic E-state index is 0.119. The van der Waals surface area contributed by atoms with Gasteiger partial charge in [0.2, 0.25) is 0 Å². The molecule has 0 saturated heterocycles. The average Bonchev–Trinajstić information content (AvgIpc) is 3.31. The van der Waals surface area contributed by atoms with Gasteiger partial charge in [-0.2, -0.15) is 4.57 Å². The van der Waals surface area contributed by atoms with Crippen molar-refractivity contribution in [3.63, 3.8) is 0 Å². The molecule has 3 aromatic carbocycles. The Kier molecular flexibility index (Phi) is 4.07. The van der Waals surface area contributed by atoms with E-state index in [1.54, 1.807) is 0 Å². The molecule has 5 rings (SSSR count). The van der Waals surface area contributed by atoms with Gasteiger partial charge in [0.15, 0.2) is 23.0 Å². The number of oxazole rings is 1. The van der Waals surface area contributed by atoms with Gasteiger partial charge in [0.25, 0.3) is 5.82 Å². The highest BCUT2D eigenvalue weighted by Gasteiger charge is 2.29. The van der Waals surface area contributed by atoms with Crippen LogP contribution in [0.1, 0.15) is 31.9 Å². The molecule has 0 fully saturated rings. The zero-order valence-electron chi connectivity index (χ0n) is 18.1. The van der Waals surface area contributed by atoms with Crippen LogP contribution in [-0.2, 0) is 12.5 Å². The van der Waals surface area contributed by atoms with Crippen LogP contribution in [-0.4, -0.2) is 9.55 Å². The summed E-state index contributed by atoms with van der Waals surface area (Å²) < 4.78 is 10.2. The molecule has 0 saturated carbocycles. The Bertz CT molecular complexity index is 1380. The topological polar surface area (TPSA) is 34.8 Å². The van der Waals surface area contributed by atoms with Crippen molar-refractivity contribution in [2.45, 2.75) is 33.1 Å². The standard InChI is InChI=1S/C26H26N3O/c1-17-10-15-22-24(27-16-30-22)23(17)25-28(5)20-8-6-7-9-21(20)29(25)19-13-11-18(12-14-19)26(2,3)4/h6-16H,1-5H3/q+1. The molecule has 0 radical (unpaired) electrons. The molecular weight excluding hydrogens is 370 g/mol. The van der Waals surface area contributed by atoms with Gasteiger partial charge in [-0.05, 0) is 53.8 Å². The van der Waals surface area contributed by atoms with Gasteiger partial charge in [0, 0.05) is 0 Å². The molecule has 0 bridgehead atoms. The second-order valence-electron chi connectivity index (χ2n) is 8.96. The Morgan fingerprint density at radius 2 is 1.67 bits per heavy atom. The van der Waals surface area contributed by atoms with Crippen molar-refractivity contribution in [3.05, 3.63) is 78.2 Å². The van der Waals surface area contributed by atoms with Crippen LogP contribution in [0.5, 0.6) is 0 Å². The first-order valence-electron chi connectivity index (χ1n) is 10.3. The predicted octanol–water partition coefficient (Wildman–Crippen LogP) is 5.87. The highest BCUT2D eigenvalue weighted by Crippen LogP contribution is 2.34. The van der Waals surface area contributed by atoms with Gasteiger partial charge in [0.05, 0.1) is 12.6 Å². The Labute approximate surface area is 176 Å². The average molecular weight is 397 g/mol. The summed E-state index contributed by atoms with van der Waals surface area (Å²) in [5.74, 6) is 1.09. The summed E-state index contributed by atoms with van der Waals surface area (Å²) >= 11 is 0. The number of hydrogen-bond acceptors (Lipinski definition) is 2. The van der Waals surface area contributed by atoms with Crippen molar-refractivity contribution < 1.29 is 8.98 Å². The first-order valence-corrected chi connectivity index (χ1v) is 10.3. The predicted molar refractivity (Wildman–Crippen MR) is 121 cm³/mol. The fraction of sp³-hybridized carbons (Fsp3) is 0.231. The molecule has 2 aromatic heterocycles. The van der Waals surface area contributed by atoms with E-state index in [1.807, 2.05) is 6.07 Å². The van der Waals surface area contributed by atoms with Crippen LogP contribution in [0.25, 0.3) is 39.2 Å². The Hall–Kier alpha value is -3.40. The highest BCUT2D eigenvalue weighted by atomic mass is 16.3. The van der Waals surface area contributed by atoms with Gasteiger partial charge in [-0.3, -0.25) is 0 Å². The van der Waals surface area contributed by atoms with Gasteiger partial charge in [-0.15, -0.1) is 0 Å². The third-order valence-corrected chi connectivity index (χ3v) is 5.94. The maximum absolute atomic E-state index is 5.62. The third-order valence-electron chi connectivity index (χ3n) is 5.94. The lowest BCUT2D eigenvalue weighted by atomic mass is 9.87. The van der Waals surface area contributed by atoms with Crippen molar-refractivity contribution in [1.82, 2.24) is 9.55 Å². The zero-order chi connectivity index (χ0) is 21.0. The van der Waals surface area contributed by atoms with Crippen LogP contribution in [0.2, 0.25) is 0 Å². The van der Waals surface area contributed by atoms with Crippen molar-refractivity contribution >= 4 is 22.1 Å². The van der Waals surface area contributed by atoms with E-state index in [1.165, 1.54) is 28.6 Å². The van der Waals surface area contributed by atoms with Crippen molar-refractivity contribution in [2.24, 2.45) is 7.05 Å². The number of benzene rings is 3. The molecule has 0 spiro atoms. The molecule has 4 heteroatoms. The molecule has 0 aliphatic carbocycles. The van der Waals surface area contributed by atoms with Gasteiger partial charge in [0.1, 0.15) is 11.2 Å². The molecule has 0 amide bonds. The summed E-state index contributed by atoms with van der Waals surface area (Å²) in [6.45, 7) is 8.86. The summed E-state index contributed by atoms with van der Waals surface area (Å²) in [6, 6.07) is 21.5. The molecule has 0 N–H and O–H groups in total. The van der Waals surface area contributed by atoms with Crippen LogP contribution in [0.4, 0.5) is 0 Å². The molecule has 0 atom stereocenters. The van der Waals surface area contributed by atoms with E-state index in [-0.39, 0.29) is 5.41 Å². The van der Waals surface area contributed by atoms with Crippen LogP contribution in [0.3, 0.4) is 0 Å². The van der Waals surface area contributed by atoms with E-state index in [4.69, 9.17) is 4.42 Å². The van der Waals surface area contributed by atoms with E-state index in [0.717, 1.165) is 28.2 Å². The summed E-state index contributed by atoms with van der Waals surface area (Å²) in [4.78, 5) is 4.56. The van der Waals surface area contributed by atoms with E-state index < -0.39 is 0 Å². The monoisotopic (exact) mass is 396 g/mol. The lowest BCUT2D eigenvalue weighted by Gasteiger charge is -2.18. The fourth-order valence-corrected chi connectivity index (χ4v) is 4.28. The van der Waals surface area contributed by atoms with E-state index >= 15 is 0 Å². The quantitative estimate of drug-likeness (QED) is 0.350. The van der Waals surface area contributed by atoms with E-state index in [0.29, 0.717) is 0 Å². The summed E-state index contributed by atoms with van der Waals surface area (Å²) in [7, 11) is 2.12. The number of hydrogen-bond donors (Lipinski definition) is 0. The minimum atomic E-state index is 0.119. The molecule has 150 valence electrons. The first kappa shape index (κ1) is 18.6. The highest BCUT2D eigenvalue weighted by molar-refractivity contribution is 5.92. The number of rotatable bonds is 2. The SMILES string of the molecule is Cc1ccc2ocnc2c1-c1n(-c2ccc(C(C)(C)C)cc2)c2ccccc2[n+]1C. The molecular formula is C26H26N3O+. The lowest BCUT2D eigenvalue weighted by Crippen LogP contribution is -2.30. The number of fused-ring (bicyclic) bond motifs is 2. The lowest BCUT2D eigenvalue weighted by molar-refractivity contribution is -0.633. The molecule has 2 heterocycles. The van der Waals surface area contributed by atoms with Crippen LogP contribution >= 0.6 is 0 Å². The normalized spacial score (nSPS) is 12.2. The van der Waals surface area contributed by atoms with E-state index in [9.17, 15) is 0 Å². The molecule has 5 aromatic rings. The summed E-state index contributed by atoms with van der Waals surface area (Å²) in [5, 5.41) is 0. The maximum atomic E-state index is 5.62. The van der Waals surface area contributed by atoms with Crippen LogP contribution in [0, 0.1) is 6.92 Å². The van der Waals surface area contributed by atoms with Gasteiger partial charge in [-0.25, -0.2) is 9.55 Å². The maximum Gasteiger partial charge on any atom is 0.297 e. The fourth-order valence-electron chi connectivity index (χ4n) is 4.28. The number of imidazole rings is 1. The number of nitrogens with zero attached hydrogens (tertiary/aromatic N) is 3. The van der Waals surface area contributed by atoms with Crippen molar-refractivity contribution in [3.8, 4) is 17.1 Å². The number of aryl methyl sites for hydroxylation is 2. The Balaban J connectivity index is 1.87. The second-order valence-corrected chi connectivity index (χ2v) is 8.96. The van der Waals surface area contributed by atoms with Crippen molar-refractivity contribution in [2.75, 3.05) is 0 Å². The largest absolute Gasteiger partial charge is 0.443 e. The van der Waals surface area contributed by atoms with E-state index in [2.05, 4.69) is 103 Å². The zero-order valence-corrected chi connectivity index (χ0v) is 18.1. The number of aromatic nitrogens is 3. The van der Waals surface area contributed by atoms with Gasteiger partial charge in [-0.1, -0.05) is 51.1 Å². The van der Waals surface area contributed by atoms with Gasteiger partial charge >= 0.3 is 0 Å². The summed E-state index contributed by atoms with van der Waals surface area (Å²) in [6.07, 6.45) is 1.53. The molecule has 0 aliphatic rings. The second kappa shape index (κ2) is 6.56. The smallest absolute Gasteiger partial charge is 0.297 e. The van der Waals surface area contributed by atoms with Crippen LogP contribution in [0.15, 0.2) is 71.5 Å². The Morgan fingerprint density at radius 1 is 0.933 bits per heavy atom. The molecule has 30 heavy (non-hydrogen) atoms.